The standard InChI is InChI=1S/C22H26N8/c1-14(2)15-7-22(29-26-11-15)28-21-5-4-19-20(27-21)6-16(9-25-19)17(8-23)10-24-18-12-30(3)13-18/h4-11,14,17-18,23H,12-13H2,1-3H3,(H,27,28,29). The van der Waals surface area contributed by atoms with Gasteiger partial charge in [0.05, 0.1) is 29.2 Å². The molecule has 8 heteroatoms. The minimum absolute atomic E-state index is 0.209. The Bertz CT molecular complexity index is 1070. The van der Waals surface area contributed by atoms with Gasteiger partial charge in [0.2, 0.25) is 0 Å². The van der Waals surface area contributed by atoms with Crippen molar-refractivity contribution in [2.45, 2.75) is 31.7 Å². The van der Waals surface area contributed by atoms with Gasteiger partial charge in [0.25, 0.3) is 0 Å². The maximum atomic E-state index is 7.81. The molecular weight excluding hydrogens is 376 g/mol. The molecule has 30 heavy (non-hydrogen) atoms. The number of aromatic nitrogens is 4. The SMILES string of the molecule is CC(C)c1cnnc(Nc2ccc3ncc(C(C=N)C=NC4CN(C)C4)cc3n2)c1. The number of nitrogens with zero attached hydrogens (tertiary/aromatic N) is 6. The van der Waals surface area contributed by atoms with E-state index < -0.39 is 0 Å². The van der Waals surface area contributed by atoms with Gasteiger partial charge in [-0.3, -0.25) is 9.98 Å². The van der Waals surface area contributed by atoms with Crippen LogP contribution in [-0.4, -0.2) is 63.7 Å². The first-order chi connectivity index (χ1) is 14.5. The quantitative estimate of drug-likeness (QED) is 0.587. The number of likely N-dealkylation sites (tertiary alicyclic amines) is 1. The number of likely N-dealkylation sites (N-methyl/N-ethyl adjacent to an activating group) is 1. The maximum absolute atomic E-state index is 7.81. The van der Waals surface area contributed by atoms with Crippen LogP contribution < -0.4 is 5.32 Å². The molecule has 8 nitrogen and oxygen atoms in total. The van der Waals surface area contributed by atoms with E-state index in [0.717, 1.165) is 35.2 Å². The molecule has 0 aliphatic carbocycles. The summed E-state index contributed by atoms with van der Waals surface area (Å²) in [6, 6.07) is 8.07. The second-order valence-corrected chi connectivity index (χ2v) is 8.02. The number of pyridine rings is 2. The molecule has 4 heterocycles. The number of hydrogen-bond donors (Lipinski definition) is 2. The smallest absolute Gasteiger partial charge is 0.154 e. The molecule has 0 spiro atoms. The number of aliphatic imine (C=N–C) groups is 1. The molecule has 1 fully saturated rings. The average molecular weight is 403 g/mol. The highest BCUT2D eigenvalue weighted by Gasteiger charge is 2.21. The summed E-state index contributed by atoms with van der Waals surface area (Å²) >= 11 is 0. The molecule has 0 radical (unpaired) electrons. The van der Waals surface area contributed by atoms with E-state index in [-0.39, 0.29) is 5.92 Å². The van der Waals surface area contributed by atoms with Gasteiger partial charge < -0.3 is 15.6 Å². The van der Waals surface area contributed by atoms with Crippen LogP contribution in [0.3, 0.4) is 0 Å². The lowest BCUT2D eigenvalue weighted by molar-refractivity contribution is 0.194. The average Bonchev–Trinajstić information content (AvgIpc) is 2.72. The predicted molar refractivity (Wildman–Crippen MR) is 120 cm³/mol. The summed E-state index contributed by atoms with van der Waals surface area (Å²) in [6.45, 7) is 6.17. The molecule has 0 aromatic carbocycles. The topological polar surface area (TPSA) is 103 Å². The Morgan fingerprint density at radius 1 is 1.13 bits per heavy atom. The van der Waals surface area contributed by atoms with Crippen molar-refractivity contribution in [1.29, 1.82) is 5.41 Å². The van der Waals surface area contributed by atoms with E-state index in [1.165, 1.54) is 6.21 Å². The number of anilines is 2. The molecule has 1 unspecified atom stereocenters. The lowest BCUT2D eigenvalue weighted by atomic mass is 10.0. The van der Waals surface area contributed by atoms with Crippen LogP contribution in [0, 0.1) is 5.41 Å². The summed E-state index contributed by atoms with van der Waals surface area (Å²) < 4.78 is 0. The molecule has 1 saturated heterocycles. The molecule has 154 valence electrons. The Balaban J connectivity index is 1.56. The van der Waals surface area contributed by atoms with E-state index in [1.54, 1.807) is 12.4 Å². The highest BCUT2D eigenvalue weighted by molar-refractivity contribution is 5.90. The monoisotopic (exact) mass is 402 g/mol. The molecule has 1 aliphatic heterocycles. The van der Waals surface area contributed by atoms with Crippen LogP contribution in [0.25, 0.3) is 11.0 Å². The van der Waals surface area contributed by atoms with Crippen molar-refractivity contribution in [3.63, 3.8) is 0 Å². The highest BCUT2D eigenvalue weighted by atomic mass is 15.2. The second-order valence-electron chi connectivity index (χ2n) is 8.02. The van der Waals surface area contributed by atoms with Gasteiger partial charge >= 0.3 is 0 Å². The molecule has 0 amide bonds. The largest absolute Gasteiger partial charge is 0.323 e. The number of fused-ring (bicyclic) bond motifs is 1. The van der Waals surface area contributed by atoms with Crippen LogP contribution in [0.1, 0.15) is 36.8 Å². The summed E-state index contributed by atoms with van der Waals surface area (Å²) in [5.41, 5.74) is 3.57. The highest BCUT2D eigenvalue weighted by Crippen LogP contribution is 2.22. The van der Waals surface area contributed by atoms with Gasteiger partial charge in [-0.15, -0.1) is 5.10 Å². The van der Waals surface area contributed by atoms with Gasteiger partial charge in [0, 0.05) is 31.7 Å². The molecular formula is C22H26N8. The Kier molecular flexibility index (Phi) is 5.76. The first-order valence-electron chi connectivity index (χ1n) is 10.1. The van der Waals surface area contributed by atoms with Crippen LogP contribution >= 0.6 is 0 Å². The van der Waals surface area contributed by atoms with Crippen LogP contribution in [-0.2, 0) is 0 Å². The fraction of sp³-hybridized carbons (Fsp3) is 0.364. The minimum Gasteiger partial charge on any atom is -0.323 e. The van der Waals surface area contributed by atoms with E-state index in [4.69, 9.17) is 5.41 Å². The van der Waals surface area contributed by atoms with Crippen molar-refractivity contribution < 1.29 is 0 Å². The lowest BCUT2D eigenvalue weighted by Crippen LogP contribution is -2.47. The van der Waals surface area contributed by atoms with E-state index in [0.29, 0.717) is 23.6 Å². The van der Waals surface area contributed by atoms with Crippen LogP contribution in [0.15, 0.2) is 41.7 Å². The van der Waals surface area contributed by atoms with Gasteiger partial charge in [-0.05, 0) is 48.4 Å². The number of nitrogens with one attached hydrogen (secondary N) is 2. The molecule has 0 saturated carbocycles. The molecule has 3 aromatic rings. The summed E-state index contributed by atoms with van der Waals surface area (Å²) in [5.74, 6) is 1.50. The summed E-state index contributed by atoms with van der Waals surface area (Å²) in [7, 11) is 2.08. The van der Waals surface area contributed by atoms with Crippen molar-refractivity contribution in [3.05, 3.63) is 47.8 Å². The third-order valence-electron chi connectivity index (χ3n) is 5.22. The molecule has 4 rings (SSSR count). The van der Waals surface area contributed by atoms with E-state index in [1.807, 2.05) is 30.5 Å². The van der Waals surface area contributed by atoms with Crippen LogP contribution in [0.5, 0.6) is 0 Å². The van der Waals surface area contributed by atoms with E-state index >= 15 is 0 Å². The maximum Gasteiger partial charge on any atom is 0.154 e. The normalized spacial score (nSPS) is 16.1. The molecule has 2 N–H and O–H groups in total. The van der Waals surface area contributed by atoms with Crippen molar-refractivity contribution in [2.75, 3.05) is 25.5 Å². The Labute approximate surface area is 176 Å². The van der Waals surface area contributed by atoms with Crippen molar-refractivity contribution in [3.8, 4) is 0 Å². The van der Waals surface area contributed by atoms with Gasteiger partial charge in [0.1, 0.15) is 5.82 Å². The third-order valence-corrected chi connectivity index (χ3v) is 5.22. The van der Waals surface area contributed by atoms with E-state index in [9.17, 15) is 0 Å². The van der Waals surface area contributed by atoms with Gasteiger partial charge in [-0.25, -0.2) is 4.98 Å². The lowest BCUT2D eigenvalue weighted by Gasteiger charge is -2.33. The zero-order valence-corrected chi connectivity index (χ0v) is 17.4. The summed E-state index contributed by atoms with van der Waals surface area (Å²) in [5, 5.41) is 19.2. The van der Waals surface area contributed by atoms with Gasteiger partial charge in [-0.1, -0.05) is 13.8 Å². The first-order valence-corrected chi connectivity index (χ1v) is 10.1. The number of rotatable bonds is 7. The molecule has 0 bridgehead atoms. The van der Waals surface area contributed by atoms with Crippen LogP contribution in [0.2, 0.25) is 0 Å². The Morgan fingerprint density at radius 2 is 1.97 bits per heavy atom. The second kappa shape index (κ2) is 8.62. The molecule has 3 aromatic heterocycles. The van der Waals surface area contributed by atoms with Gasteiger partial charge in [0.15, 0.2) is 5.82 Å². The fourth-order valence-corrected chi connectivity index (χ4v) is 3.36. The number of hydrogen-bond acceptors (Lipinski definition) is 8. The summed E-state index contributed by atoms with van der Waals surface area (Å²) in [6.07, 6.45) is 6.82. The zero-order chi connectivity index (χ0) is 21.1. The Hall–Kier alpha value is -3.26. The van der Waals surface area contributed by atoms with Crippen molar-refractivity contribution in [2.24, 2.45) is 4.99 Å². The summed E-state index contributed by atoms with van der Waals surface area (Å²) in [4.78, 5) is 16.0. The minimum atomic E-state index is -0.209. The van der Waals surface area contributed by atoms with Crippen molar-refractivity contribution >= 4 is 35.1 Å². The zero-order valence-electron chi connectivity index (χ0n) is 17.4. The Morgan fingerprint density at radius 3 is 2.70 bits per heavy atom. The van der Waals surface area contributed by atoms with Crippen LogP contribution in [0.4, 0.5) is 11.6 Å². The third kappa shape index (κ3) is 4.49. The van der Waals surface area contributed by atoms with Gasteiger partial charge in [-0.2, -0.15) is 5.10 Å². The molecule has 1 aliphatic rings. The molecule has 1 atom stereocenters. The fourth-order valence-electron chi connectivity index (χ4n) is 3.36. The predicted octanol–water partition coefficient (Wildman–Crippen LogP) is 3.40. The van der Waals surface area contributed by atoms with Crippen molar-refractivity contribution in [1.82, 2.24) is 25.1 Å². The van der Waals surface area contributed by atoms with E-state index in [2.05, 4.69) is 56.3 Å². The first kappa shape index (κ1) is 20.0.